The number of rotatable bonds is 0. The molecule has 3 heteroatoms. The number of hydrogen-bond donors (Lipinski definition) is 1. The maximum Gasteiger partial charge on any atom is 0.128 e. The van der Waals surface area contributed by atoms with E-state index in [1.807, 2.05) is 13.0 Å². The molecule has 1 aromatic carbocycles. The van der Waals surface area contributed by atoms with Crippen LogP contribution in [0.1, 0.15) is 18.1 Å². The number of hydrazone groups is 1. The van der Waals surface area contributed by atoms with Crippen LogP contribution in [0, 0.1) is 5.82 Å². The van der Waals surface area contributed by atoms with E-state index in [1.54, 1.807) is 6.07 Å². The van der Waals surface area contributed by atoms with Crippen LogP contribution in [0.2, 0.25) is 0 Å². The second kappa shape index (κ2) is 2.59. The van der Waals surface area contributed by atoms with Crippen LogP contribution in [0.3, 0.4) is 0 Å². The van der Waals surface area contributed by atoms with Gasteiger partial charge in [-0.1, -0.05) is 12.1 Å². The topological polar surface area (TPSA) is 24.4 Å². The predicted octanol–water partition coefficient (Wildman–Crippen LogP) is 1.65. The average Bonchev–Trinajstić information content (AvgIpc) is 2.07. The predicted molar refractivity (Wildman–Crippen MR) is 45.5 cm³/mol. The first-order valence-electron chi connectivity index (χ1n) is 3.84. The molecule has 0 saturated heterocycles. The van der Waals surface area contributed by atoms with E-state index in [9.17, 15) is 4.39 Å². The van der Waals surface area contributed by atoms with E-state index in [0.717, 1.165) is 11.3 Å². The molecule has 0 aliphatic carbocycles. The van der Waals surface area contributed by atoms with Crippen LogP contribution in [0.15, 0.2) is 23.3 Å². The summed E-state index contributed by atoms with van der Waals surface area (Å²) in [6.45, 7) is 2.35. The molecule has 62 valence electrons. The minimum Gasteiger partial charge on any atom is -0.305 e. The summed E-state index contributed by atoms with van der Waals surface area (Å²) in [6, 6.07) is 5.07. The Labute approximate surface area is 70.1 Å². The molecule has 2 nitrogen and oxygen atoms in total. The van der Waals surface area contributed by atoms with E-state index in [-0.39, 0.29) is 5.82 Å². The van der Waals surface area contributed by atoms with Gasteiger partial charge in [-0.3, -0.25) is 0 Å². The summed E-state index contributed by atoms with van der Waals surface area (Å²) in [7, 11) is 0. The lowest BCUT2D eigenvalue weighted by Gasteiger charge is -2.15. The van der Waals surface area contributed by atoms with Crippen molar-refractivity contribution >= 4 is 5.71 Å². The van der Waals surface area contributed by atoms with Gasteiger partial charge in [0.2, 0.25) is 0 Å². The molecule has 0 bridgehead atoms. The van der Waals surface area contributed by atoms with E-state index in [2.05, 4.69) is 10.5 Å². The molecule has 1 aliphatic heterocycles. The number of benzene rings is 1. The van der Waals surface area contributed by atoms with Crippen LogP contribution in [0.25, 0.3) is 0 Å². The molecule has 0 unspecified atom stereocenters. The first-order valence-corrected chi connectivity index (χ1v) is 3.84. The monoisotopic (exact) mass is 164 g/mol. The highest BCUT2D eigenvalue weighted by molar-refractivity contribution is 6.00. The van der Waals surface area contributed by atoms with Gasteiger partial charge in [-0.2, -0.15) is 5.10 Å². The summed E-state index contributed by atoms with van der Waals surface area (Å²) in [5.41, 5.74) is 5.25. The van der Waals surface area contributed by atoms with Gasteiger partial charge in [0.15, 0.2) is 0 Å². The highest BCUT2D eigenvalue weighted by Gasteiger charge is 2.13. The van der Waals surface area contributed by atoms with Gasteiger partial charge in [0.25, 0.3) is 0 Å². The Bertz CT molecular complexity index is 344. The SMILES string of the molecule is CC1=NNCc2c(F)cccc21. The number of nitrogens with one attached hydrogen (secondary N) is 1. The zero-order valence-electron chi connectivity index (χ0n) is 6.76. The van der Waals surface area contributed by atoms with Crippen LogP contribution in [-0.2, 0) is 6.54 Å². The summed E-state index contributed by atoms with van der Waals surface area (Å²) < 4.78 is 13.1. The fourth-order valence-corrected chi connectivity index (χ4v) is 1.37. The van der Waals surface area contributed by atoms with E-state index < -0.39 is 0 Å². The van der Waals surface area contributed by atoms with Crippen molar-refractivity contribution in [2.45, 2.75) is 13.5 Å². The van der Waals surface area contributed by atoms with Crippen molar-refractivity contribution in [1.82, 2.24) is 5.43 Å². The summed E-state index contributed by atoms with van der Waals surface area (Å²) in [5, 5.41) is 4.01. The molecule has 0 saturated carbocycles. The lowest BCUT2D eigenvalue weighted by Crippen LogP contribution is -2.19. The normalized spacial score (nSPS) is 14.7. The zero-order valence-corrected chi connectivity index (χ0v) is 6.76. The Morgan fingerprint density at radius 2 is 2.33 bits per heavy atom. The van der Waals surface area contributed by atoms with Gasteiger partial charge in [-0.25, -0.2) is 4.39 Å². The Hall–Kier alpha value is -1.38. The van der Waals surface area contributed by atoms with Gasteiger partial charge in [-0.15, -0.1) is 0 Å². The zero-order chi connectivity index (χ0) is 8.55. The van der Waals surface area contributed by atoms with Crippen molar-refractivity contribution in [3.8, 4) is 0 Å². The molecular weight excluding hydrogens is 155 g/mol. The fraction of sp³-hybridized carbons (Fsp3) is 0.222. The van der Waals surface area contributed by atoms with Crippen LogP contribution >= 0.6 is 0 Å². The Balaban J connectivity index is 2.62. The smallest absolute Gasteiger partial charge is 0.128 e. The van der Waals surface area contributed by atoms with Gasteiger partial charge < -0.3 is 5.43 Å². The van der Waals surface area contributed by atoms with E-state index in [4.69, 9.17) is 0 Å². The third kappa shape index (κ3) is 0.978. The first-order chi connectivity index (χ1) is 5.79. The molecule has 0 atom stereocenters. The lowest BCUT2D eigenvalue weighted by atomic mass is 10.0. The van der Waals surface area contributed by atoms with Crippen LogP contribution in [-0.4, -0.2) is 5.71 Å². The second-order valence-electron chi connectivity index (χ2n) is 2.80. The minimum atomic E-state index is -0.158. The van der Waals surface area contributed by atoms with Crippen molar-refractivity contribution in [1.29, 1.82) is 0 Å². The summed E-state index contributed by atoms with van der Waals surface area (Å²) >= 11 is 0. The number of halogens is 1. The molecule has 1 aliphatic rings. The van der Waals surface area contributed by atoms with E-state index in [1.165, 1.54) is 6.07 Å². The van der Waals surface area contributed by atoms with E-state index in [0.29, 0.717) is 12.1 Å². The van der Waals surface area contributed by atoms with Crippen molar-refractivity contribution in [3.63, 3.8) is 0 Å². The fourth-order valence-electron chi connectivity index (χ4n) is 1.37. The highest BCUT2D eigenvalue weighted by Crippen LogP contribution is 2.16. The maximum absolute atomic E-state index is 13.1. The van der Waals surface area contributed by atoms with Crippen molar-refractivity contribution in [2.24, 2.45) is 5.10 Å². The second-order valence-corrected chi connectivity index (χ2v) is 2.80. The molecule has 0 spiro atoms. The Morgan fingerprint density at radius 1 is 1.50 bits per heavy atom. The van der Waals surface area contributed by atoms with Gasteiger partial charge in [-0.05, 0) is 13.0 Å². The minimum absolute atomic E-state index is 0.158. The number of hydrogen-bond acceptors (Lipinski definition) is 2. The van der Waals surface area contributed by atoms with Crippen LogP contribution in [0.4, 0.5) is 4.39 Å². The molecule has 0 aromatic heterocycles. The van der Waals surface area contributed by atoms with Gasteiger partial charge in [0, 0.05) is 11.1 Å². The van der Waals surface area contributed by atoms with Crippen molar-refractivity contribution in [2.75, 3.05) is 0 Å². The number of nitrogens with zero attached hydrogens (tertiary/aromatic N) is 1. The third-order valence-electron chi connectivity index (χ3n) is 2.01. The van der Waals surface area contributed by atoms with Crippen LogP contribution in [0.5, 0.6) is 0 Å². The summed E-state index contributed by atoms with van der Waals surface area (Å²) in [4.78, 5) is 0. The lowest BCUT2D eigenvalue weighted by molar-refractivity contribution is 0.589. The standard InChI is InChI=1S/C9H9FN2/c1-6-7-3-2-4-9(10)8(7)5-11-12-6/h2-4,11H,5H2,1H3. The van der Waals surface area contributed by atoms with Gasteiger partial charge >= 0.3 is 0 Å². The molecular formula is C9H9FN2. The third-order valence-corrected chi connectivity index (χ3v) is 2.01. The average molecular weight is 164 g/mol. The molecule has 12 heavy (non-hydrogen) atoms. The van der Waals surface area contributed by atoms with Gasteiger partial charge in [0.05, 0.1) is 12.3 Å². The molecule has 2 rings (SSSR count). The van der Waals surface area contributed by atoms with Crippen molar-refractivity contribution in [3.05, 3.63) is 35.1 Å². The van der Waals surface area contributed by atoms with Crippen LogP contribution < -0.4 is 5.43 Å². The largest absolute Gasteiger partial charge is 0.305 e. The molecule has 1 heterocycles. The summed E-state index contributed by atoms with van der Waals surface area (Å²) in [6.07, 6.45) is 0. The Kier molecular flexibility index (Phi) is 1.57. The maximum atomic E-state index is 13.1. The molecule has 1 N–H and O–H groups in total. The highest BCUT2D eigenvalue weighted by atomic mass is 19.1. The number of fused-ring (bicyclic) bond motifs is 1. The quantitative estimate of drug-likeness (QED) is 0.619. The molecule has 0 amide bonds. The van der Waals surface area contributed by atoms with Crippen molar-refractivity contribution < 1.29 is 4.39 Å². The molecule has 1 aromatic rings. The van der Waals surface area contributed by atoms with E-state index >= 15 is 0 Å². The summed E-state index contributed by atoms with van der Waals surface area (Å²) in [5.74, 6) is -0.158. The molecule has 0 radical (unpaired) electrons. The Morgan fingerprint density at radius 3 is 3.08 bits per heavy atom. The van der Waals surface area contributed by atoms with Gasteiger partial charge in [0.1, 0.15) is 5.82 Å². The molecule has 0 fully saturated rings. The first kappa shape index (κ1) is 7.28.